The highest BCUT2D eigenvalue weighted by atomic mass is 35.5. The van der Waals surface area contributed by atoms with Crippen LogP contribution in [0.2, 0.25) is 10.0 Å². The van der Waals surface area contributed by atoms with Crippen molar-refractivity contribution in [1.29, 1.82) is 0 Å². The Bertz CT molecular complexity index is 687. The van der Waals surface area contributed by atoms with E-state index in [4.69, 9.17) is 23.2 Å². The summed E-state index contributed by atoms with van der Waals surface area (Å²) in [5.74, 6) is 1.32. The summed E-state index contributed by atoms with van der Waals surface area (Å²) in [6, 6.07) is 6.01. The van der Waals surface area contributed by atoms with Crippen LogP contribution in [0.25, 0.3) is 0 Å². The maximum atomic E-state index is 6.20. The smallest absolute Gasteiger partial charge is 0.244 e. The van der Waals surface area contributed by atoms with Crippen molar-refractivity contribution in [2.24, 2.45) is 0 Å². The molecule has 5 nitrogen and oxygen atoms in total. The highest BCUT2D eigenvalue weighted by Crippen LogP contribution is 2.22. The molecule has 134 valence electrons. The van der Waals surface area contributed by atoms with E-state index in [1.165, 1.54) is 38.5 Å². The largest absolute Gasteiger partial charge is 0.368 e. The van der Waals surface area contributed by atoms with Gasteiger partial charge in [0, 0.05) is 22.6 Å². The van der Waals surface area contributed by atoms with Crippen molar-refractivity contribution < 1.29 is 0 Å². The first-order chi connectivity index (χ1) is 12.2. The van der Waals surface area contributed by atoms with Crippen LogP contribution >= 0.6 is 23.2 Å². The molecule has 7 heteroatoms. The fraction of sp³-hybridized carbons (Fsp3) is 0.500. The highest BCUT2D eigenvalue weighted by molar-refractivity contribution is 6.35. The SMILES string of the molecule is Clc1ccc(CCNc2cnnc(NC3CCCCCC3)n2)c(Cl)c1. The fourth-order valence-electron chi connectivity index (χ4n) is 3.11. The van der Waals surface area contributed by atoms with Crippen molar-refractivity contribution in [2.45, 2.75) is 51.0 Å². The minimum Gasteiger partial charge on any atom is -0.368 e. The molecule has 0 aliphatic heterocycles. The summed E-state index contributed by atoms with van der Waals surface area (Å²) in [4.78, 5) is 4.52. The summed E-state index contributed by atoms with van der Waals surface area (Å²) < 4.78 is 0. The molecule has 2 N–H and O–H groups in total. The maximum absolute atomic E-state index is 6.20. The van der Waals surface area contributed by atoms with Crippen molar-refractivity contribution >= 4 is 35.0 Å². The third kappa shape index (κ3) is 5.72. The molecule has 1 aliphatic rings. The van der Waals surface area contributed by atoms with Crippen LogP contribution in [-0.4, -0.2) is 27.8 Å². The van der Waals surface area contributed by atoms with Crippen LogP contribution in [-0.2, 0) is 6.42 Å². The van der Waals surface area contributed by atoms with Gasteiger partial charge in [-0.05, 0) is 37.0 Å². The summed E-state index contributed by atoms with van der Waals surface area (Å²) >= 11 is 12.1. The van der Waals surface area contributed by atoms with Crippen LogP contribution in [0, 0.1) is 0 Å². The summed E-state index contributed by atoms with van der Waals surface area (Å²) in [6.07, 6.45) is 9.97. The number of hydrogen-bond acceptors (Lipinski definition) is 5. The normalized spacial score (nSPS) is 15.6. The molecule has 1 saturated carbocycles. The van der Waals surface area contributed by atoms with Crippen LogP contribution in [0.3, 0.4) is 0 Å². The van der Waals surface area contributed by atoms with Gasteiger partial charge < -0.3 is 10.6 Å². The van der Waals surface area contributed by atoms with Crippen molar-refractivity contribution in [1.82, 2.24) is 15.2 Å². The molecule has 1 aliphatic carbocycles. The number of rotatable bonds is 6. The molecule has 0 saturated heterocycles. The quantitative estimate of drug-likeness (QED) is 0.693. The van der Waals surface area contributed by atoms with Crippen molar-refractivity contribution in [3.63, 3.8) is 0 Å². The number of nitrogens with zero attached hydrogens (tertiary/aromatic N) is 3. The third-order valence-corrected chi connectivity index (χ3v) is 5.05. The van der Waals surface area contributed by atoms with Gasteiger partial charge >= 0.3 is 0 Å². The number of nitrogens with one attached hydrogen (secondary N) is 2. The van der Waals surface area contributed by atoms with Crippen LogP contribution in [0.4, 0.5) is 11.8 Å². The lowest BCUT2D eigenvalue weighted by Crippen LogP contribution is -2.20. The topological polar surface area (TPSA) is 62.7 Å². The Balaban J connectivity index is 1.52. The van der Waals surface area contributed by atoms with Gasteiger partial charge in [0.05, 0.1) is 6.20 Å². The molecule has 3 rings (SSSR count). The number of halogens is 2. The van der Waals surface area contributed by atoms with Gasteiger partial charge in [0.25, 0.3) is 0 Å². The van der Waals surface area contributed by atoms with Gasteiger partial charge in [-0.15, -0.1) is 5.10 Å². The van der Waals surface area contributed by atoms with Gasteiger partial charge in [-0.2, -0.15) is 10.1 Å². The van der Waals surface area contributed by atoms with E-state index in [2.05, 4.69) is 25.8 Å². The van der Waals surface area contributed by atoms with Crippen LogP contribution in [0.15, 0.2) is 24.4 Å². The van der Waals surface area contributed by atoms with Crippen molar-refractivity contribution in [3.05, 3.63) is 40.0 Å². The Morgan fingerprint density at radius 2 is 1.88 bits per heavy atom. The molecule has 1 aromatic heterocycles. The van der Waals surface area contributed by atoms with Gasteiger partial charge in [-0.3, -0.25) is 0 Å². The average molecular weight is 380 g/mol. The van der Waals surface area contributed by atoms with Gasteiger partial charge in [0.2, 0.25) is 5.95 Å². The highest BCUT2D eigenvalue weighted by Gasteiger charge is 2.13. The second kappa shape index (κ2) is 9.20. The minimum atomic E-state index is 0.451. The molecule has 1 aromatic carbocycles. The lowest BCUT2D eigenvalue weighted by molar-refractivity contribution is 0.613. The van der Waals surface area contributed by atoms with Gasteiger partial charge in [0.15, 0.2) is 5.82 Å². The lowest BCUT2D eigenvalue weighted by atomic mass is 10.1. The molecule has 0 unspecified atom stereocenters. The van der Waals surface area contributed by atoms with Crippen LogP contribution in [0.5, 0.6) is 0 Å². The number of anilines is 2. The van der Waals surface area contributed by atoms with E-state index in [0.29, 0.717) is 28.6 Å². The molecule has 0 radical (unpaired) electrons. The Kier molecular flexibility index (Phi) is 6.70. The summed E-state index contributed by atoms with van der Waals surface area (Å²) in [5, 5.41) is 16.2. The van der Waals surface area contributed by atoms with E-state index in [0.717, 1.165) is 17.8 Å². The second-order valence-electron chi connectivity index (χ2n) is 6.41. The summed E-state index contributed by atoms with van der Waals surface area (Å²) in [6.45, 7) is 0.711. The van der Waals surface area contributed by atoms with E-state index in [1.807, 2.05) is 12.1 Å². The second-order valence-corrected chi connectivity index (χ2v) is 7.25. The molecular formula is C18H23Cl2N5. The van der Waals surface area contributed by atoms with Gasteiger partial charge in [-0.1, -0.05) is 55.0 Å². The molecule has 25 heavy (non-hydrogen) atoms. The predicted octanol–water partition coefficient (Wildman–Crippen LogP) is 4.97. The lowest BCUT2D eigenvalue weighted by Gasteiger charge is -2.16. The zero-order valence-electron chi connectivity index (χ0n) is 14.1. The van der Waals surface area contributed by atoms with Crippen molar-refractivity contribution in [3.8, 4) is 0 Å². The Morgan fingerprint density at radius 3 is 2.64 bits per heavy atom. The minimum absolute atomic E-state index is 0.451. The standard InChI is InChI=1S/C18H23Cl2N5/c19-14-8-7-13(16(20)11-14)9-10-21-17-12-22-25-18(24-17)23-15-5-3-1-2-4-6-15/h7-8,11-12,15H,1-6,9-10H2,(H2,21,23,24,25). The zero-order chi connectivity index (χ0) is 17.5. The number of aromatic nitrogens is 3. The van der Waals surface area contributed by atoms with E-state index in [-0.39, 0.29) is 0 Å². The Morgan fingerprint density at radius 1 is 1.08 bits per heavy atom. The van der Waals surface area contributed by atoms with E-state index in [9.17, 15) is 0 Å². The number of benzene rings is 1. The Hall–Kier alpha value is -1.59. The van der Waals surface area contributed by atoms with E-state index < -0.39 is 0 Å². The van der Waals surface area contributed by atoms with Crippen LogP contribution in [0.1, 0.15) is 44.1 Å². The monoisotopic (exact) mass is 379 g/mol. The summed E-state index contributed by atoms with van der Waals surface area (Å²) in [7, 11) is 0. The molecular weight excluding hydrogens is 357 g/mol. The van der Waals surface area contributed by atoms with Crippen LogP contribution < -0.4 is 10.6 Å². The molecule has 1 fully saturated rings. The predicted molar refractivity (Wildman–Crippen MR) is 104 cm³/mol. The maximum Gasteiger partial charge on any atom is 0.244 e. The Labute approximate surface area is 158 Å². The molecule has 0 spiro atoms. The molecule has 0 amide bonds. The van der Waals surface area contributed by atoms with E-state index in [1.54, 1.807) is 12.3 Å². The van der Waals surface area contributed by atoms with Gasteiger partial charge in [0.1, 0.15) is 0 Å². The zero-order valence-corrected chi connectivity index (χ0v) is 15.7. The first-order valence-electron chi connectivity index (χ1n) is 8.85. The number of hydrogen-bond donors (Lipinski definition) is 2. The van der Waals surface area contributed by atoms with Crippen molar-refractivity contribution in [2.75, 3.05) is 17.2 Å². The molecule has 0 bridgehead atoms. The third-order valence-electron chi connectivity index (χ3n) is 4.46. The summed E-state index contributed by atoms with van der Waals surface area (Å²) in [5.41, 5.74) is 1.05. The molecule has 0 atom stereocenters. The van der Waals surface area contributed by atoms with E-state index >= 15 is 0 Å². The van der Waals surface area contributed by atoms with Gasteiger partial charge in [-0.25, -0.2) is 0 Å². The molecule has 2 aromatic rings. The first-order valence-corrected chi connectivity index (χ1v) is 9.60. The fourth-order valence-corrected chi connectivity index (χ4v) is 3.61. The average Bonchev–Trinajstić information content (AvgIpc) is 2.86. The molecule has 1 heterocycles. The first kappa shape index (κ1) is 18.2.